The summed E-state index contributed by atoms with van der Waals surface area (Å²) in [5.74, 6) is -2.53. The van der Waals surface area contributed by atoms with Crippen molar-refractivity contribution < 1.29 is 34.8 Å². The Hall–Kier alpha value is -2.09. The molecule has 0 aromatic heterocycles. The molecule has 25 heavy (non-hydrogen) atoms. The standard InChI is InChI=1S/C16H20NO7P/c18-12-5-1-3-11(9-12)4-2-8-16(20,21)14-7-6-13(19)10-15(14)17-25(22,23)24/h1,3,5-7,9-10,18-21H,2,4,8H2,(H3,17,22,23,24). The Morgan fingerprint density at radius 3 is 2.32 bits per heavy atom. The van der Waals surface area contributed by atoms with Crippen molar-refractivity contribution in [1.82, 2.24) is 0 Å². The van der Waals surface area contributed by atoms with Crippen molar-refractivity contribution in [2.45, 2.75) is 25.0 Å². The zero-order valence-electron chi connectivity index (χ0n) is 13.2. The van der Waals surface area contributed by atoms with Crippen molar-refractivity contribution in [1.29, 1.82) is 0 Å². The molecule has 0 heterocycles. The van der Waals surface area contributed by atoms with E-state index in [0.717, 1.165) is 11.6 Å². The van der Waals surface area contributed by atoms with Crippen LogP contribution in [0.1, 0.15) is 24.0 Å². The van der Waals surface area contributed by atoms with E-state index in [9.17, 15) is 25.0 Å². The zero-order valence-corrected chi connectivity index (χ0v) is 14.1. The number of hydrogen-bond acceptors (Lipinski definition) is 5. The highest BCUT2D eigenvalue weighted by atomic mass is 31.2. The highest BCUT2D eigenvalue weighted by Crippen LogP contribution is 2.41. The molecule has 8 nitrogen and oxygen atoms in total. The van der Waals surface area contributed by atoms with Crippen LogP contribution < -0.4 is 5.09 Å². The van der Waals surface area contributed by atoms with Crippen LogP contribution >= 0.6 is 7.75 Å². The van der Waals surface area contributed by atoms with Crippen molar-refractivity contribution in [2.75, 3.05) is 5.09 Å². The van der Waals surface area contributed by atoms with Crippen LogP contribution in [0.4, 0.5) is 5.69 Å². The second-order valence-corrected chi connectivity index (χ2v) is 7.04. The molecule has 0 radical (unpaired) electrons. The monoisotopic (exact) mass is 369 g/mol. The third-order valence-electron chi connectivity index (χ3n) is 3.60. The minimum atomic E-state index is -4.69. The van der Waals surface area contributed by atoms with Gasteiger partial charge in [0.2, 0.25) is 0 Å². The van der Waals surface area contributed by atoms with Crippen molar-refractivity contribution in [3.63, 3.8) is 0 Å². The molecule has 0 unspecified atom stereocenters. The van der Waals surface area contributed by atoms with E-state index in [0.29, 0.717) is 12.8 Å². The number of nitrogens with one attached hydrogen (secondary N) is 1. The highest BCUT2D eigenvalue weighted by Gasteiger charge is 2.30. The normalized spacial score (nSPS) is 12.2. The van der Waals surface area contributed by atoms with E-state index in [1.165, 1.54) is 18.2 Å². The van der Waals surface area contributed by atoms with Crippen LogP contribution in [0, 0.1) is 0 Å². The summed E-state index contributed by atoms with van der Waals surface area (Å²) in [5.41, 5.74) is 0.385. The van der Waals surface area contributed by atoms with E-state index in [-0.39, 0.29) is 29.2 Å². The van der Waals surface area contributed by atoms with Crippen LogP contribution in [-0.2, 0) is 16.8 Å². The van der Waals surface area contributed by atoms with Gasteiger partial charge in [0.1, 0.15) is 11.5 Å². The van der Waals surface area contributed by atoms with Crippen LogP contribution in [0.25, 0.3) is 0 Å². The van der Waals surface area contributed by atoms with E-state index >= 15 is 0 Å². The fraction of sp³-hybridized carbons (Fsp3) is 0.250. The molecule has 0 amide bonds. The zero-order chi connectivity index (χ0) is 18.7. The number of benzene rings is 2. The summed E-state index contributed by atoms with van der Waals surface area (Å²) in [6.45, 7) is 0. The van der Waals surface area contributed by atoms with E-state index < -0.39 is 13.5 Å². The second kappa shape index (κ2) is 7.43. The first-order valence-electron chi connectivity index (χ1n) is 7.47. The van der Waals surface area contributed by atoms with E-state index in [1.807, 2.05) is 5.09 Å². The molecule has 0 saturated carbocycles. The first-order chi connectivity index (χ1) is 11.6. The van der Waals surface area contributed by atoms with Crippen molar-refractivity contribution in [3.05, 3.63) is 53.6 Å². The molecule has 2 aromatic rings. The predicted molar refractivity (Wildman–Crippen MR) is 90.9 cm³/mol. The molecule has 0 fully saturated rings. The van der Waals surface area contributed by atoms with Gasteiger partial charge in [0.15, 0.2) is 5.79 Å². The Kier molecular flexibility index (Phi) is 5.72. The van der Waals surface area contributed by atoms with E-state index in [2.05, 4.69) is 0 Å². The van der Waals surface area contributed by atoms with Gasteiger partial charge in [0.05, 0.1) is 5.69 Å². The fourth-order valence-electron chi connectivity index (χ4n) is 2.52. The van der Waals surface area contributed by atoms with Gasteiger partial charge in [-0.05, 0) is 42.7 Å². The molecule has 2 rings (SSSR count). The Bertz CT molecular complexity index is 788. The average molecular weight is 369 g/mol. The molecule has 9 heteroatoms. The lowest BCUT2D eigenvalue weighted by molar-refractivity contribution is -0.174. The summed E-state index contributed by atoms with van der Waals surface area (Å²) in [5, 5.41) is 41.4. The number of aromatic hydroxyl groups is 2. The number of hydrogen-bond donors (Lipinski definition) is 7. The molecule has 7 N–H and O–H groups in total. The molecule has 0 bridgehead atoms. The SMILES string of the molecule is O=P(O)(O)Nc1cc(O)ccc1C(O)(O)CCCc1cccc(O)c1. The average Bonchev–Trinajstić information content (AvgIpc) is 2.45. The van der Waals surface area contributed by atoms with Crippen LogP contribution in [-0.4, -0.2) is 30.2 Å². The summed E-state index contributed by atoms with van der Waals surface area (Å²) >= 11 is 0. The summed E-state index contributed by atoms with van der Waals surface area (Å²) in [6, 6.07) is 9.94. The lowest BCUT2D eigenvalue weighted by Crippen LogP contribution is -2.26. The van der Waals surface area contributed by atoms with Gasteiger partial charge in [-0.1, -0.05) is 12.1 Å². The fourth-order valence-corrected chi connectivity index (χ4v) is 3.02. The maximum Gasteiger partial charge on any atom is 0.427 e. The molecule has 0 aliphatic rings. The van der Waals surface area contributed by atoms with Gasteiger partial charge in [-0.15, -0.1) is 0 Å². The smallest absolute Gasteiger partial charge is 0.427 e. The minimum absolute atomic E-state index is 0.114. The number of phenols is 2. The number of anilines is 1. The van der Waals surface area contributed by atoms with Gasteiger partial charge in [-0.2, -0.15) is 0 Å². The molecule has 0 aliphatic heterocycles. The number of phenolic OH excluding ortho intramolecular Hbond substituents is 2. The quantitative estimate of drug-likeness (QED) is 0.288. The van der Waals surface area contributed by atoms with Crippen LogP contribution in [0.5, 0.6) is 11.5 Å². The van der Waals surface area contributed by atoms with Crippen molar-refractivity contribution in [3.8, 4) is 11.5 Å². The van der Waals surface area contributed by atoms with Gasteiger partial charge < -0.3 is 30.2 Å². The molecule has 0 spiro atoms. The van der Waals surface area contributed by atoms with Gasteiger partial charge >= 0.3 is 7.75 Å². The third-order valence-corrected chi connectivity index (χ3v) is 4.13. The second-order valence-electron chi connectivity index (χ2n) is 5.73. The summed E-state index contributed by atoms with van der Waals surface area (Å²) in [4.78, 5) is 18.1. The summed E-state index contributed by atoms with van der Waals surface area (Å²) in [7, 11) is -4.69. The van der Waals surface area contributed by atoms with Gasteiger partial charge in [0.25, 0.3) is 0 Å². The Morgan fingerprint density at radius 1 is 1.00 bits per heavy atom. The lowest BCUT2D eigenvalue weighted by atomic mass is 9.96. The molecular formula is C16H20NO7P. The first kappa shape index (κ1) is 19.2. The van der Waals surface area contributed by atoms with Crippen molar-refractivity contribution in [2.24, 2.45) is 0 Å². The van der Waals surface area contributed by atoms with Crippen LogP contribution in [0.2, 0.25) is 0 Å². The van der Waals surface area contributed by atoms with Crippen molar-refractivity contribution >= 4 is 13.4 Å². The van der Waals surface area contributed by atoms with Crippen LogP contribution in [0.3, 0.4) is 0 Å². The molecule has 136 valence electrons. The Morgan fingerprint density at radius 2 is 1.68 bits per heavy atom. The molecular weight excluding hydrogens is 349 g/mol. The molecule has 0 aliphatic carbocycles. The third kappa shape index (κ3) is 5.74. The molecule has 0 saturated heterocycles. The van der Waals surface area contributed by atoms with Gasteiger partial charge in [-0.25, -0.2) is 4.57 Å². The Balaban J connectivity index is 2.14. The summed E-state index contributed by atoms with van der Waals surface area (Å²) in [6.07, 6.45) is 0.687. The largest absolute Gasteiger partial charge is 0.508 e. The number of aliphatic hydroxyl groups is 2. The highest BCUT2D eigenvalue weighted by molar-refractivity contribution is 7.53. The maximum atomic E-state index is 11.1. The van der Waals surface area contributed by atoms with Gasteiger partial charge in [-0.3, -0.25) is 5.09 Å². The maximum absolute atomic E-state index is 11.1. The lowest BCUT2D eigenvalue weighted by Gasteiger charge is -2.25. The predicted octanol–water partition coefficient (Wildman–Crippen LogP) is 1.76. The molecule has 2 aromatic carbocycles. The van der Waals surface area contributed by atoms with Crippen LogP contribution in [0.15, 0.2) is 42.5 Å². The topological polar surface area (TPSA) is 150 Å². The Labute approximate surface area is 144 Å². The van der Waals surface area contributed by atoms with E-state index in [4.69, 9.17) is 9.79 Å². The minimum Gasteiger partial charge on any atom is -0.508 e. The van der Waals surface area contributed by atoms with E-state index in [1.54, 1.807) is 18.2 Å². The first-order valence-corrected chi connectivity index (χ1v) is 9.08. The summed E-state index contributed by atoms with van der Waals surface area (Å²) < 4.78 is 11.1. The molecule has 0 atom stereocenters. The number of aryl methyl sites for hydroxylation is 1. The van der Waals surface area contributed by atoms with Gasteiger partial charge in [0, 0.05) is 18.1 Å². The number of rotatable bonds is 7.